The zero-order valence-electron chi connectivity index (χ0n) is 17.6. The van der Waals surface area contributed by atoms with Crippen LogP contribution in [0.25, 0.3) is 0 Å². The molecule has 7 heteroatoms. The topological polar surface area (TPSA) is 58.6 Å². The van der Waals surface area contributed by atoms with Crippen molar-refractivity contribution in [3.8, 4) is 5.75 Å². The molecule has 3 rings (SSSR count). The fraction of sp³-hybridized carbons (Fsp3) is 0.455. The number of methoxy groups -OCH3 is 1. The van der Waals surface area contributed by atoms with Crippen molar-refractivity contribution in [3.63, 3.8) is 0 Å². The lowest BCUT2D eigenvalue weighted by Crippen LogP contribution is -2.34. The second kappa shape index (κ2) is 9.94. The molecule has 0 spiro atoms. The van der Waals surface area contributed by atoms with Gasteiger partial charge in [-0.15, -0.1) is 12.4 Å². The van der Waals surface area contributed by atoms with E-state index >= 15 is 0 Å². The van der Waals surface area contributed by atoms with Crippen LogP contribution in [0.5, 0.6) is 5.75 Å². The fourth-order valence-electron chi connectivity index (χ4n) is 3.97. The van der Waals surface area contributed by atoms with Gasteiger partial charge in [0.1, 0.15) is 5.75 Å². The standard InChI is InChI=1S/C22H30N2O3S.ClH/c1-16-14-21(27-4)17(2)18(3)22(16)28(25,26)23-11-7-12-24-13-10-19-8-5-6-9-20(19)15-24;/h5-6,8-9,14,23H,7,10-13,15H2,1-4H3;1H. The van der Waals surface area contributed by atoms with Gasteiger partial charge in [0.15, 0.2) is 0 Å². The quantitative estimate of drug-likeness (QED) is 0.668. The largest absolute Gasteiger partial charge is 0.496 e. The molecule has 0 aliphatic carbocycles. The summed E-state index contributed by atoms with van der Waals surface area (Å²) in [7, 11) is -1.94. The molecule has 0 amide bonds. The molecule has 0 saturated heterocycles. The van der Waals surface area contributed by atoms with Crippen LogP contribution < -0.4 is 9.46 Å². The molecule has 0 bridgehead atoms. The number of hydrogen-bond acceptors (Lipinski definition) is 4. The maximum Gasteiger partial charge on any atom is 0.241 e. The van der Waals surface area contributed by atoms with Crippen molar-refractivity contribution < 1.29 is 13.2 Å². The highest BCUT2D eigenvalue weighted by Gasteiger charge is 2.22. The van der Waals surface area contributed by atoms with Crippen molar-refractivity contribution in [1.82, 2.24) is 9.62 Å². The molecule has 0 fully saturated rings. The molecule has 2 aromatic rings. The van der Waals surface area contributed by atoms with Crippen LogP contribution in [-0.2, 0) is 23.0 Å². The van der Waals surface area contributed by atoms with E-state index in [-0.39, 0.29) is 12.4 Å². The molecule has 29 heavy (non-hydrogen) atoms. The van der Waals surface area contributed by atoms with Crippen molar-refractivity contribution in [3.05, 3.63) is 58.1 Å². The molecule has 2 aromatic carbocycles. The van der Waals surface area contributed by atoms with E-state index in [2.05, 4.69) is 33.9 Å². The lowest BCUT2D eigenvalue weighted by molar-refractivity contribution is 0.251. The molecule has 1 aliphatic rings. The minimum absolute atomic E-state index is 0. The van der Waals surface area contributed by atoms with Crippen LogP contribution in [0.1, 0.15) is 34.2 Å². The second-order valence-electron chi connectivity index (χ2n) is 7.52. The van der Waals surface area contributed by atoms with Gasteiger partial charge in [-0.05, 0) is 74.0 Å². The molecular formula is C22H31ClN2O3S. The summed E-state index contributed by atoms with van der Waals surface area (Å²) in [5, 5.41) is 0. The summed E-state index contributed by atoms with van der Waals surface area (Å²) < 4.78 is 33.9. The van der Waals surface area contributed by atoms with Gasteiger partial charge in [-0.25, -0.2) is 13.1 Å². The molecule has 0 saturated carbocycles. The number of nitrogens with one attached hydrogen (secondary N) is 1. The van der Waals surface area contributed by atoms with Crippen molar-refractivity contribution in [2.75, 3.05) is 26.7 Å². The van der Waals surface area contributed by atoms with Crippen LogP contribution >= 0.6 is 12.4 Å². The van der Waals surface area contributed by atoms with E-state index in [1.54, 1.807) is 13.2 Å². The average molecular weight is 439 g/mol. The summed E-state index contributed by atoms with van der Waals surface area (Å²) in [6, 6.07) is 10.3. The Bertz CT molecular complexity index is 961. The van der Waals surface area contributed by atoms with Gasteiger partial charge in [-0.2, -0.15) is 0 Å². The number of sulfonamides is 1. The molecule has 160 valence electrons. The second-order valence-corrected chi connectivity index (χ2v) is 9.22. The summed E-state index contributed by atoms with van der Waals surface area (Å²) in [5.74, 6) is 0.722. The van der Waals surface area contributed by atoms with E-state index in [0.29, 0.717) is 17.0 Å². The maximum atomic E-state index is 12.9. The van der Waals surface area contributed by atoms with Gasteiger partial charge in [-0.3, -0.25) is 4.90 Å². The molecule has 0 unspecified atom stereocenters. The lowest BCUT2D eigenvalue weighted by atomic mass is 10.00. The third kappa shape index (κ3) is 5.31. The van der Waals surface area contributed by atoms with Gasteiger partial charge < -0.3 is 4.74 Å². The number of rotatable bonds is 7. The van der Waals surface area contributed by atoms with Gasteiger partial charge in [0.25, 0.3) is 0 Å². The number of fused-ring (bicyclic) bond motifs is 1. The Hall–Kier alpha value is -1.60. The number of ether oxygens (including phenoxy) is 1. The van der Waals surface area contributed by atoms with Crippen molar-refractivity contribution >= 4 is 22.4 Å². The normalized spacial score (nSPS) is 14.2. The van der Waals surface area contributed by atoms with Crippen LogP contribution in [-0.4, -0.2) is 40.1 Å². The Morgan fingerprint density at radius 2 is 1.79 bits per heavy atom. The van der Waals surface area contributed by atoms with Gasteiger partial charge in [0.05, 0.1) is 12.0 Å². The van der Waals surface area contributed by atoms with Crippen molar-refractivity contribution in [2.45, 2.75) is 45.1 Å². The van der Waals surface area contributed by atoms with E-state index < -0.39 is 10.0 Å². The molecule has 1 heterocycles. The van der Waals surface area contributed by atoms with Gasteiger partial charge >= 0.3 is 0 Å². The van der Waals surface area contributed by atoms with Crippen LogP contribution in [0.15, 0.2) is 35.2 Å². The van der Waals surface area contributed by atoms with Gasteiger partial charge in [0, 0.05) is 19.6 Å². The first-order chi connectivity index (χ1) is 13.3. The molecule has 5 nitrogen and oxygen atoms in total. The molecular weight excluding hydrogens is 408 g/mol. The number of nitrogens with zero attached hydrogens (tertiary/aromatic N) is 1. The Labute approximate surface area is 180 Å². The highest BCUT2D eigenvalue weighted by molar-refractivity contribution is 7.89. The van der Waals surface area contributed by atoms with E-state index in [1.807, 2.05) is 20.8 Å². The third-order valence-corrected chi connectivity index (χ3v) is 7.37. The zero-order valence-corrected chi connectivity index (χ0v) is 19.3. The minimum atomic E-state index is -3.54. The molecule has 1 aliphatic heterocycles. The summed E-state index contributed by atoms with van der Waals surface area (Å²) >= 11 is 0. The summed E-state index contributed by atoms with van der Waals surface area (Å²) in [4.78, 5) is 2.77. The first-order valence-electron chi connectivity index (χ1n) is 9.77. The van der Waals surface area contributed by atoms with E-state index in [4.69, 9.17) is 4.74 Å². The first kappa shape index (κ1) is 23.7. The number of halogens is 1. The highest BCUT2D eigenvalue weighted by Crippen LogP contribution is 2.30. The Balaban J connectivity index is 0.00000300. The smallest absolute Gasteiger partial charge is 0.241 e. The van der Waals surface area contributed by atoms with E-state index in [9.17, 15) is 8.42 Å². The Morgan fingerprint density at radius 3 is 2.48 bits per heavy atom. The highest BCUT2D eigenvalue weighted by atomic mass is 35.5. The predicted octanol–water partition coefficient (Wildman–Crippen LogP) is 3.77. The molecule has 0 atom stereocenters. The van der Waals surface area contributed by atoms with Crippen molar-refractivity contribution in [2.24, 2.45) is 0 Å². The first-order valence-corrected chi connectivity index (χ1v) is 11.3. The SMILES string of the molecule is COc1cc(C)c(S(=O)(=O)NCCCN2CCc3ccccc3C2)c(C)c1C.Cl. The summed E-state index contributed by atoms with van der Waals surface area (Å²) in [5.41, 5.74) is 5.13. The van der Waals surface area contributed by atoms with E-state index in [0.717, 1.165) is 49.4 Å². The van der Waals surface area contributed by atoms with Gasteiger partial charge in [-0.1, -0.05) is 24.3 Å². The Morgan fingerprint density at radius 1 is 1.10 bits per heavy atom. The third-order valence-electron chi connectivity index (χ3n) is 5.62. The van der Waals surface area contributed by atoms with Crippen LogP contribution in [0.2, 0.25) is 0 Å². The number of hydrogen-bond donors (Lipinski definition) is 1. The lowest BCUT2D eigenvalue weighted by Gasteiger charge is -2.28. The Kier molecular flexibility index (Phi) is 8.11. The minimum Gasteiger partial charge on any atom is -0.496 e. The van der Waals surface area contributed by atoms with Crippen LogP contribution in [0.4, 0.5) is 0 Å². The van der Waals surface area contributed by atoms with Crippen LogP contribution in [0, 0.1) is 20.8 Å². The van der Waals surface area contributed by atoms with Crippen LogP contribution in [0.3, 0.4) is 0 Å². The monoisotopic (exact) mass is 438 g/mol. The molecule has 0 radical (unpaired) electrons. The number of aryl methyl sites for hydroxylation is 1. The maximum absolute atomic E-state index is 12.9. The van der Waals surface area contributed by atoms with E-state index in [1.165, 1.54) is 11.1 Å². The fourth-order valence-corrected chi connectivity index (χ4v) is 5.57. The van der Waals surface area contributed by atoms with Gasteiger partial charge in [0.2, 0.25) is 10.0 Å². The number of benzene rings is 2. The molecule has 0 aromatic heterocycles. The van der Waals surface area contributed by atoms with Crippen molar-refractivity contribution in [1.29, 1.82) is 0 Å². The zero-order chi connectivity index (χ0) is 20.3. The average Bonchev–Trinajstić information content (AvgIpc) is 2.67. The summed E-state index contributed by atoms with van der Waals surface area (Å²) in [6.45, 7) is 8.83. The summed E-state index contributed by atoms with van der Waals surface area (Å²) in [6.07, 6.45) is 1.85. The predicted molar refractivity (Wildman–Crippen MR) is 120 cm³/mol. The molecule has 1 N–H and O–H groups in total.